The Bertz CT molecular complexity index is 763. The molecule has 3 rings (SSSR count). The molecule has 1 amide bonds. The minimum absolute atomic E-state index is 0.0536. The molecule has 1 aliphatic rings. The quantitative estimate of drug-likeness (QED) is 0.854. The lowest BCUT2D eigenvalue weighted by molar-refractivity contribution is -0.157. The fourth-order valence-corrected chi connectivity index (χ4v) is 3.13. The maximum absolute atomic E-state index is 12.5. The van der Waals surface area contributed by atoms with Crippen molar-refractivity contribution >= 4 is 5.91 Å². The Morgan fingerprint density at radius 1 is 1.28 bits per heavy atom. The minimum atomic E-state index is -0.509. The van der Waals surface area contributed by atoms with Gasteiger partial charge in [0.2, 0.25) is 0 Å². The lowest BCUT2D eigenvalue weighted by atomic mass is 10.1. The van der Waals surface area contributed by atoms with E-state index in [1.165, 1.54) is 0 Å². The zero-order chi connectivity index (χ0) is 18.0. The summed E-state index contributed by atoms with van der Waals surface area (Å²) in [7, 11) is 1.80. The van der Waals surface area contributed by atoms with Crippen LogP contribution in [-0.4, -0.2) is 53.6 Å². The monoisotopic (exact) mass is 343 g/mol. The van der Waals surface area contributed by atoms with Crippen molar-refractivity contribution in [1.29, 1.82) is 0 Å². The van der Waals surface area contributed by atoms with Crippen LogP contribution in [0.5, 0.6) is 0 Å². The Morgan fingerprint density at radius 3 is 2.72 bits per heavy atom. The van der Waals surface area contributed by atoms with E-state index in [0.29, 0.717) is 26.4 Å². The first-order valence-electron chi connectivity index (χ1n) is 8.54. The van der Waals surface area contributed by atoms with Crippen molar-refractivity contribution in [3.63, 3.8) is 0 Å². The van der Waals surface area contributed by atoms with Gasteiger partial charge in [0.15, 0.2) is 6.10 Å². The number of nitrogens with zero attached hydrogens (tertiary/aromatic N) is 3. The zero-order valence-electron chi connectivity index (χ0n) is 15.3. The molecule has 1 aromatic carbocycles. The van der Waals surface area contributed by atoms with E-state index in [-0.39, 0.29) is 5.91 Å². The minimum Gasteiger partial charge on any atom is -0.376 e. The molecule has 6 heteroatoms. The number of amides is 1. The molecule has 0 bridgehead atoms. The average Bonchev–Trinajstić information content (AvgIpc) is 2.90. The number of hydrogen-bond donors (Lipinski definition) is 0. The van der Waals surface area contributed by atoms with E-state index in [9.17, 15) is 4.79 Å². The van der Waals surface area contributed by atoms with Gasteiger partial charge in [0.05, 0.1) is 31.2 Å². The predicted octanol–water partition coefficient (Wildman–Crippen LogP) is 2.17. The molecule has 0 spiro atoms. The van der Waals surface area contributed by atoms with Gasteiger partial charge in [-0.1, -0.05) is 18.2 Å². The van der Waals surface area contributed by atoms with Crippen molar-refractivity contribution in [2.24, 2.45) is 0 Å². The molecule has 0 saturated carbocycles. The molecule has 0 N–H and O–H groups in total. The Labute approximate surface area is 148 Å². The third-order valence-electron chi connectivity index (χ3n) is 4.65. The van der Waals surface area contributed by atoms with Gasteiger partial charge >= 0.3 is 0 Å². The number of carbonyl (C=O) groups excluding carboxylic acids is 1. The molecular weight excluding hydrogens is 318 g/mol. The van der Waals surface area contributed by atoms with E-state index in [1.807, 2.05) is 30.7 Å². The highest BCUT2D eigenvalue weighted by Crippen LogP contribution is 2.21. The lowest BCUT2D eigenvalue weighted by Crippen LogP contribution is -2.43. The summed E-state index contributed by atoms with van der Waals surface area (Å²) in [6, 6.07) is 8.15. The molecular formula is C19H25N3O3. The van der Waals surface area contributed by atoms with E-state index >= 15 is 0 Å². The summed E-state index contributed by atoms with van der Waals surface area (Å²) in [5.74, 6) is -0.0536. The van der Waals surface area contributed by atoms with Gasteiger partial charge in [-0.05, 0) is 32.4 Å². The van der Waals surface area contributed by atoms with Gasteiger partial charge in [-0.25, -0.2) is 4.68 Å². The van der Waals surface area contributed by atoms with Crippen LogP contribution >= 0.6 is 0 Å². The second-order valence-corrected chi connectivity index (χ2v) is 6.48. The van der Waals surface area contributed by atoms with Crippen molar-refractivity contribution in [2.75, 3.05) is 26.9 Å². The SMILES string of the molecule is Cc1ccccc1-n1nc(C)c(CN(C)C(=O)[C@@H]2COCCO2)c1C. The van der Waals surface area contributed by atoms with Crippen molar-refractivity contribution in [3.05, 3.63) is 46.8 Å². The first kappa shape index (κ1) is 17.6. The molecule has 25 heavy (non-hydrogen) atoms. The van der Waals surface area contributed by atoms with Gasteiger partial charge in [0, 0.05) is 24.8 Å². The molecule has 6 nitrogen and oxygen atoms in total. The lowest BCUT2D eigenvalue weighted by Gasteiger charge is -2.27. The van der Waals surface area contributed by atoms with Crippen LogP contribution in [0, 0.1) is 20.8 Å². The van der Waals surface area contributed by atoms with Crippen LogP contribution in [0.4, 0.5) is 0 Å². The van der Waals surface area contributed by atoms with Gasteiger partial charge in [0.1, 0.15) is 0 Å². The normalized spacial score (nSPS) is 17.5. The maximum Gasteiger partial charge on any atom is 0.254 e. The largest absolute Gasteiger partial charge is 0.376 e. The summed E-state index contributed by atoms with van der Waals surface area (Å²) in [4.78, 5) is 14.2. The summed E-state index contributed by atoms with van der Waals surface area (Å²) in [6.45, 7) is 7.94. The zero-order valence-corrected chi connectivity index (χ0v) is 15.3. The highest BCUT2D eigenvalue weighted by molar-refractivity contribution is 5.81. The summed E-state index contributed by atoms with van der Waals surface area (Å²) in [6.07, 6.45) is -0.509. The van der Waals surface area contributed by atoms with Crippen LogP contribution in [0.25, 0.3) is 5.69 Å². The molecule has 0 unspecified atom stereocenters. The number of rotatable bonds is 4. The van der Waals surface area contributed by atoms with Gasteiger partial charge in [-0.3, -0.25) is 4.79 Å². The summed E-state index contributed by atoms with van der Waals surface area (Å²) < 4.78 is 12.8. The molecule has 1 aliphatic heterocycles. The van der Waals surface area contributed by atoms with Crippen LogP contribution in [0.2, 0.25) is 0 Å². The van der Waals surface area contributed by atoms with Gasteiger partial charge in [-0.2, -0.15) is 5.10 Å². The van der Waals surface area contributed by atoms with Crippen molar-refractivity contribution in [2.45, 2.75) is 33.4 Å². The van der Waals surface area contributed by atoms with Crippen molar-refractivity contribution in [3.8, 4) is 5.69 Å². The molecule has 2 heterocycles. The standard InChI is InChI=1S/C19H25N3O3/c1-13-7-5-6-8-17(13)22-15(3)16(14(2)20-22)11-21(4)19(23)18-12-24-9-10-25-18/h5-8,18H,9-12H2,1-4H3/t18-/m0/s1. The van der Waals surface area contributed by atoms with Crippen LogP contribution in [0.3, 0.4) is 0 Å². The summed E-state index contributed by atoms with van der Waals surface area (Å²) in [5.41, 5.74) is 5.27. The van der Waals surface area contributed by atoms with Crippen molar-refractivity contribution in [1.82, 2.24) is 14.7 Å². The molecule has 134 valence electrons. The van der Waals surface area contributed by atoms with Gasteiger partial charge in [-0.15, -0.1) is 0 Å². The first-order valence-corrected chi connectivity index (χ1v) is 8.54. The first-order chi connectivity index (χ1) is 12.0. The second-order valence-electron chi connectivity index (χ2n) is 6.48. The number of hydrogen-bond acceptors (Lipinski definition) is 4. The fourth-order valence-electron chi connectivity index (χ4n) is 3.13. The topological polar surface area (TPSA) is 56.6 Å². The third kappa shape index (κ3) is 3.60. The molecule has 1 atom stereocenters. The fraction of sp³-hybridized carbons (Fsp3) is 0.474. The number of ether oxygens (including phenoxy) is 2. The highest BCUT2D eigenvalue weighted by atomic mass is 16.6. The second kappa shape index (κ2) is 7.37. The molecule has 0 aliphatic carbocycles. The summed E-state index contributed by atoms with van der Waals surface area (Å²) >= 11 is 0. The van der Waals surface area contributed by atoms with E-state index in [1.54, 1.807) is 11.9 Å². The number of benzene rings is 1. The Balaban J connectivity index is 1.81. The molecule has 2 aromatic rings. The molecule has 1 saturated heterocycles. The van der Waals surface area contributed by atoms with Gasteiger partial charge < -0.3 is 14.4 Å². The number of aryl methyl sites for hydroxylation is 2. The van der Waals surface area contributed by atoms with E-state index < -0.39 is 6.10 Å². The Hall–Kier alpha value is -2.18. The summed E-state index contributed by atoms with van der Waals surface area (Å²) in [5, 5.41) is 4.69. The third-order valence-corrected chi connectivity index (χ3v) is 4.65. The molecule has 0 radical (unpaired) electrons. The van der Waals surface area contributed by atoms with Crippen LogP contribution in [0.15, 0.2) is 24.3 Å². The highest BCUT2D eigenvalue weighted by Gasteiger charge is 2.27. The van der Waals surface area contributed by atoms with Gasteiger partial charge in [0.25, 0.3) is 5.91 Å². The number of para-hydroxylation sites is 1. The maximum atomic E-state index is 12.5. The van der Waals surface area contributed by atoms with Crippen molar-refractivity contribution < 1.29 is 14.3 Å². The molecule has 1 fully saturated rings. The Morgan fingerprint density at radius 2 is 2.04 bits per heavy atom. The average molecular weight is 343 g/mol. The van der Waals surface area contributed by atoms with E-state index in [2.05, 4.69) is 24.2 Å². The Kier molecular flexibility index (Phi) is 5.20. The molecule has 1 aromatic heterocycles. The van der Waals surface area contributed by atoms with E-state index in [0.717, 1.165) is 28.2 Å². The van der Waals surface area contributed by atoms with Crippen LogP contribution in [-0.2, 0) is 20.8 Å². The number of carbonyl (C=O) groups is 1. The number of likely N-dealkylation sites (N-methyl/N-ethyl adjacent to an activating group) is 1. The predicted molar refractivity (Wildman–Crippen MR) is 94.8 cm³/mol. The van der Waals surface area contributed by atoms with E-state index in [4.69, 9.17) is 9.47 Å². The number of aromatic nitrogens is 2. The van der Waals surface area contributed by atoms with Crippen LogP contribution < -0.4 is 0 Å². The smallest absolute Gasteiger partial charge is 0.254 e. The van der Waals surface area contributed by atoms with Crippen LogP contribution in [0.1, 0.15) is 22.5 Å².